The molecule has 2 aromatic carbocycles. The van der Waals surface area contributed by atoms with Gasteiger partial charge in [0.1, 0.15) is 36.0 Å². The van der Waals surface area contributed by atoms with Crippen LogP contribution in [0.3, 0.4) is 0 Å². The Morgan fingerprint density at radius 1 is 0.972 bits per heavy atom. The molecule has 1 unspecified atom stereocenters. The molecule has 2 fully saturated rings. The van der Waals surface area contributed by atoms with Crippen LogP contribution in [0, 0.1) is 23.7 Å². The number of nitrogens with one attached hydrogen (secondary N) is 2. The van der Waals surface area contributed by atoms with E-state index in [9.17, 15) is 37.5 Å². The molecule has 0 bridgehead atoms. The fourth-order valence-corrected chi connectivity index (χ4v) is 9.55. The molecule has 0 spiro atoms. The first-order chi connectivity index (χ1) is 33.6. The monoisotopic (exact) mass is 1020 g/mol. The number of benzene rings is 2. The molecule has 4 amide bonds. The van der Waals surface area contributed by atoms with Gasteiger partial charge in [0.25, 0.3) is 5.91 Å². The average molecular weight is 1020 g/mol. The van der Waals surface area contributed by atoms with Gasteiger partial charge >= 0.3 is 6.18 Å². The lowest BCUT2D eigenvalue weighted by molar-refractivity contribution is -0.144. The van der Waals surface area contributed by atoms with Gasteiger partial charge in [0.15, 0.2) is 10.8 Å². The van der Waals surface area contributed by atoms with Crippen molar-refractivity contribution in [1.82, 2.24) is 25.5 Å². The number of thiocarbonyl (C=S) groups is 1. The highest BCUT2D eigenvalue weighted by Gasteiger charge is 2.51. The minimum atomic E-state index is -4.86. The Balaban J connectivity index is 0.851. The largest absolute Gasteiger partial charge is 0.494 e. The summed E-state index contributed by atoms with van der Waals surface area (Å²) in [5.41, 5.74) is 0.977. The minimum absolute atomic E-state index is 0.0314. The number of hydrogen-bond acceptors (Lipinski definition) is 13. The number of nitrogens with zero attached hydrogens (tertiary/aromatic N) is 6. The van der Waals surface area contributed by atoms with E-state index in [0.29, 0.717) is 43.7 Å². The number of pyridine rings is 1. The summed E-state index contributed by atoms with van der Waals surface area (Å²) >= 11 is 7.16. The number of halogens is 3. The summed E-state index contributed by atoms with van der Waals surface area (Å²) in [4.78, 5) is 66.8. The van der Waals surface area contributed by atoms with Gasteiger partial charge in [-0.3, -0.25) is 24.1 Å². The highest BCUT2D eigenvalue weighted by atomic mass is 32.1. The van der Waals surface area contributed by atoms with Crippen molar-refractivity contribution in [3.8, 4) is 22.3 Å². The lowest BCUT2D eigenvalue weighted by Crippen LogP contribution is -2.58. The van der Waals surface area contributed by atoms with Gasteiger partial charge < -0.3 is 39.8 Å². The van der Waals surface area contributed by atoms with E-state index >= 15 is 0 Å². The second kappa shape index (κ2) is 23.5. The van der Waals surface area contributed by atoms with Crippen molar-refractivity contribution in [1.29, 1.82) is 5.26 Å². The predicted molar refractivity (Wildman–Crippen MR) is 264 cm³/mol. The topological polar surface area (TPSA) is 200 Å². The summed E-state index contributed by atoms with van der Waals surface area (Å²) < 4.78 is 58.2. The van der Waals surface area contributed by atoms with Crippen molar-refractivity contribution in [3.05, 3.63) is 88.8 Å². The van der Waals surface area contributed by atoms with Crippen LogP contribution in [0.5, 0.6) is 5.75 Å². The summed E-state index contributed by atoms with van der Waals surface area (Å²) in [5.74, 6) is -1.30. The van der Waals surface area contributed by atoms with E-state index in [0.717, 1.165) is 52.1 Å². The highest BCUT2D eigenvalue weighted by Crippen LogP contribution is 2.39. The molecule has 380 valence electrons. The molecular weight excluding hydrogens is 962 g/mol. The van der Waals surface area contributed by atoms with Crippen LogP contribution in [0.2, 0.25) is 0 Å². The molecular formula is C50H59F3N8O8S2. The van der Waals surface area contributed by atoms with Crippen LogP contribution in [0.1, 0.15) is 89.2 Å². The summed E-state index contributed by atoms with van der Waals surface area (Å²) in [6, 6.07) is 14.9. The summed E-state index contributed by atoms with van der Waals surface area (Å²) in [6.45, 7) is 12.2. The second-order valence-corrected chi connectivity index (χ2v) is 20.1. The SMILES string of the molecule is Cc1ncsc1-c1ccc(CNC(=O)[C@@H]2C[C@@H](O)CN2C(=O)C(NC(=O)COCCCOCCCCCOc2ccc(N3C(=S)N(c4cnc(C#N)c(C(F)(F)F)c4)C(=O)C3(C)C)cc2)C(C)(C)C)cc1. The van der Waals surface area contributed by atoms with Crippen molar-refractivity contribution in [2.45, 2.75) is 110 Å². The van der Waals surface area contributed by atoms with Gasteiger partial charge in [0.2, 0.25) is 17.7 Å². The lowest BCUT2D eigenvalue weighted by Gasteiger charge is -2.35. The molecule has 0 aliphatic carbocycles. The quantitative estimate of drug-likeness (QED) is 0.0565. The first-order valence-electron chi connectivity index (χ1n) is 23.2. The number of carbonyl (C=O) groups excluding carboxylic acids is 4. The number of aliphatic hydroxyl groups excluding tert-OH is 1. The van der Waals surface area contributed by atoms with E-state index in [-0.39, 0.29) is 49.4 Å². The van der Waals surface area contributed by atoms with Crippen LogP contribution in [0.4, 0.5) is 24.5 Å². The molecule has 2 saturated heterocycles. The van der Waals surface area contributed by atoms with Crippen LogP contribution >= 0.6 is 23.6 Å². The van der Waals surface area contributed by atoms with Gasteiger partial charge in [-0.25, -0.2) is 9.97 Å². The summed E-state index contributed by atoms with van der Waals surface area (Å²) in [7, 11) is 0. The number of β-amino-alcohol motifs (C(OH)–C–C–N with tert-alkyl or cyclic N) is 1. The maximum atomic E-state index is 13.9. The number of hydrogen-bond donors (Lipinski definition) is 3. The number of thiazole rings is 1. The number of anilines is 2. The average Bonchev–Trinajstić information content (AvgIpc) is 3.99. The molecule has 2 aliphatic heterocycles. The zero-order valence-corrected chi connectivity index (χ0v) is 42.1. The molecule has 6 rings (SSSR count). The van der Waals surface area contributed by atoms with Crippen LogP contribution in [0.25, 0.3) is 10.4 Å². The number of likely N-dealkylation sites (tertiary alicyclic amines) is 1. The third kappa shape index (κ3) is 13.5. The Hall–Kier alpha value is -6.05. The zero-order valence-electron chi connectivity index (χ0n) is 40.5. The number of amides is 4. The Morgan fingerprint density at radius 3 is 2.30 bits per heavy atom. The number of unbranched alkanes of at least 4 members (excludes halogenated alkanes) is 2. The van der Waals surface area contributed by atoms with Crippen LogP contribution in [-0.2, 0) is 41.4 Å². The van der Waals surface area contributed by atoms with Crippen molar-refractivity contribution in [3.63, 3.8) is 0 Å². The molecule has 2 aliphatic rings. The highest BCUT2D eigenvalue weighted by molar-refractivity contribution is 7.81. The number of rotatable bonds is 21. The van der Waals surface area contributed by atoms with Crippen LogP contribution < -0.4 is 25.2 Å². The van der Waals surface area contributed by atoms with Crippen molar-refractivity contribution >= 4 is 63.7 Å². The Labute approximate surface area is 420 Å². The summed E-state index contributed by atoms with van der Waals surface area (Å²) in [6.07, 6.45) is -1.72. The second-order valence-electron chi connectivity index (χ2n) is 18.9. The molecule has 16 nitrogen and oxygen atoms in total. The standard InChI is InChI=1S/C50H59F3N8O8S2/c1-31-42(71-30-57-31)33-13-11-32(12-14-33)26-56-44(64)40-24-36(62)28-59(40)45(65)43(48(2,3)4)58-41(63)29-68-21-10-20-67-19-8-7-9-22-69-37-17-15-34(16-18-37)61-47(70)60(46(66)49(61,5)6)35-23-38(50(51,52)53)39(25-54)55-27-35/h11-18,23,27,30,36,40,43,62H,7-10,19-22,24,26,28-29H2,1-6H3,(H,56,64)(H,58,63)/t36-,40+,43?/m1/s1. The van der Waals surface area contributed by atoms with E-state index in [1.165, 1.54) is 11.0 Å². The molecule has 3 N–H and O–H groups in total. The number of alkyl halides is 3. The van der Waals surface area contributed by atoms with Crippen LogP contribution in [-0.4, -0.2) is 112 Å². The molecule has 0 saturated carbocycles. The lowest BCUT2D eigenvalue weighted by atomic mass is 9.85. The van der Waals surface area contributed by atoms with Gasteiger partial charge in [0.05, 0.1) is 46.2 Å². The van der Waals surface area contributed by atoms with Gasteiger partial charge in [-0.2, -0.15) is 18.4 Å². The normalized spacial score (nSPS) is 17.3. The Morgan fingerprint density at radius 2 is 1.65 bits per heavy atom. The van der Waals surface area contributed by atoms with Gasteiger partial charge in [-0.1, -0.05) is 45.0 Å². The van der Waals surface area contributed by atoms with E-state index < -0.39 is 64.3 Å². The molecule has 4 heterocycles. The zero-order chi connectivity index (χ0) is 51.7. The number of nitriles is 1. The third-order valence-corrected chi connectivity index (χ3v) is 13.4. The Kier molecular flexibility index (Phi) is 17.9. The van der Waals surface area contributed by atoms with Crippen LogP contribution in [0.15, 0.2) is 66.3 Å². The predicted octanol–water partition coefficient (Wildman–Crippen LogP) is 7.10. The van der Waals surface area contributed by atoms with E-state index in [2.05, 4.69) is 20.6 Å². The first-order valence-corrected chi connectivity index (χ1v) is 24.5. The van der Waals surface area contributed by atoms with Crippen molar-refractivity contribution in [2.75, 3.05) is 49.4 Å². The number of carbonyl (C=O) groups is 4. The Bertz CT molecular complexity index is 2580. The number of aromatic nitrogens is 2. The maximum Gasteiger partial charge on any atom is 0.419 e. The number of ether oxygens (including phenoxy) is 3. The minimum Gasteiger partial charge on any atom is -0.494 e. The van der Waals surface area contributed by atoms with E-state index in [4.69, 9.17) is 31.7 Å². The fraction of sp³-hybridized carbons (Fsp3) is 0.480. The van der Waals surface area contributed by atoms with Crippen molar-refractivity contribution < 1.29 is 51.7 Å². The van der Waals surface area contributed by atoms with E-state index in [1.54, 1.807) is 59.9 Å². The smallest absolute Gasteiger partial charge is 0.419 e. The molecule has 71 heavy (non-hydrogen) atoms. The molecule has 2 aromatic heterocycles. The van der Waals surface area contributed by atoms with Crippen molar-refractivity contribution in [2.24, 2.45) is 5.41 Å². The van der Waals surface area contributed by atoms with Gasteiger partial charge in [-0.05, 0) is 106 Å². The number of aliphatic hydroxyl groups is 1. The molecule has 4 aromatic rings. The maximum absolute atomic E-state index is 13.9. The van der Waals surface area contributed by atoms with Gasteiger partial charge in [0, 0.05) is 45.0 Å². The molecule has 21 heteroatoms. The third-order valence-electron chi connectivity index (χ3n) is 12.0. The summed E-state index contributed by atoms with van der Waals surface area (Å²) in [5, 5.41) is 25.3. The number of aryl methyl sites for hydroxylation is 1. The fourth-order valence-electron chi connectivity index (χ4n) is 8.21. The van der Waals surface area contributed by atoms with Gasteiger partial charge in [-0.15, -0.1) is 11.3 Å². The molecule has 0 radical (unpaired) electrons. The molecule has 3 atom stereocenters. The first kappa shape index (κ1) is 54.3. The van der Waals surface area contributed by atoms with E-state index in [1.807, 2.05) is 52.0 Å².